The summed E-state index contributed by atoms with van der Waals surface area (Å²) in [6.45, 7) is 6.59. The Morgan fingerprint density at radius 3 is 2.21 bits per heavy atom. The lowest BCUT2D eigenvalue weighted by Gasteiger charge is -2.21. The van der Waals surface area contributed by atoms with Crippen LogP contribution in [0, 0.1) is 0 Å². The Morgan fingerprint density at radius 2 is 1.62 bits per heavy atom. The monoisotopic (exact) mass is 394 g/mol. The molecule has 7 nitrogen and oxygen atoms in total. The first-order valence-electron chi connectivity index (χ1n) is 9.89. The molecular weight excluding hydrogens is 368 g/mol. The van der Waals surface area contributed by atoms with E-state index in [2.05, 4.69) is 29.6 Å². The molecule has 0 atom stereocenters. The molecule has 1 aliphatic heterocycles. The van der Waals surface area contributed by atoms with Crippen LogP contribution in [0.15, 0.2) is 48.5 Å². The van der Waals surface area contributed by atoms with Crippen LogP contribution in [0.4, 0.5) is 11.4 Å². The number of rotatable bonds is 6. The summed E-state index contributed by atoms with van der Waals surface area (Å²) in [6, 6.07) is 14.1. The van der Waals surface area contributed by atoms with Crippen molar-refractivity contribution in [3.05, 3.63) is 59.7 Å². The second-order valence-electron chi connectivity index (χ2n) is 6.83. The molecule has 0 aromatic heterocycles. The van der Waals surface area contributed by atoms with E-state index in [-0.39, 0.29) is 5.91 Å². The van der Waals surface area contributed by atoms with Gasteiger partial charge in [-0.05, 0) is 62.7 Å². The molecule has 2 aromatic carbocycles. The fourth-order valence-corrected chi connectivity index (χ4v) is 3.41. The van der Waals surface area contributed by atoms with Crippen LogP contribution in [-0.4, -0.2) is 37.4 Å². The summed E-state index contributed by atoms with van der Waals surface area (Å²) in [5, 5.41) is 0. The second kappa shape index (κ2) is 9.23. The summed E-state index contributed by atoms with van der Waals surface area (Å²) in [6.07, 6.45) is 1.35. The highest BCUT2D eigenvalue weighted by Gasteiger charge is 2.22. The van der Waals surface area contributed by atoms with Crippen LogP contribution in [0.5, 0.6) is 0 Å². The van der Waals surface area contributed by atoms with Crippen molar-refractivity contribution in [2.75, 3.05) is 29.4 Å². The van der Waals surface area contributed by atoms with Gasteiger partial charge in [-0.25, -0.2) is 0 Å². The summed E-state index contributed by atoms with van der Waals surface area (Å²) >= 11 is 0. The first-order chi connectivity index (χ1) is 14.0. The molecule has 3 rings (SSSR count). The minimum absolute atomic E-state index is 0.0593. The van der Waals surface area contributed by atoms with Gasteiger partial charge in [-0.3, -0.25) is 25.2 Å². The van der Waals surface area contributed by atoms with Crippen molar-refractivity contribution in [2.45, 2.75) is 26.7 Å². The molecule has 0 unspecified atom stereocenters. The lowest BCUT2D eigenvalue weighted by Crippen LogP contribution is -2.41. The van der Waals surface area contributed by atoms with Crippen molar-refractivity contribution in [3.8, 4) is 0 Å². The molecule has 0 aliphatic carbocycles. The van der Waals surface area contributed by atoms with E-state index >= 15 is 0 Å². The Hall–Kier alpha value is -3.35. The molecule has 0 radical (unpaired) electrons. The normalized spacial score (nSPS) is 13.3. The Labute approximate surface area is 170 Å². The first kappa shape index (κ1) is 20.4. The van der Waals surface area contributed by atoms with Crippen LogP contribution < -0.4 is 20.7 Å². The Morgan fingerprint density at radius 1 is 0.966 bits per heavy atom. The van der Waals surface area contributed by atoms with Crippen LogP contribution in [0.25, 0.3) is 0 Å². The van der Waals surface area contributed by atoms with Crippen LogP contribution in [-0.2, 0) is 4.79 Å². The number of hydrazine groups is 1. The number of nitrogens with one attached hydrogen (secondary N) is 2. The average Bonchev–Trinajstić information content (AvgIpc) is 3.19. The van der Waals surface area contributed by atoms with Crippen LogP contribution in [0.3, 0.4) is 0 Å². The molecule has 7 heteroatoms. The maximum absolute atomic E-state index is 12.4. The van der Waals surface area contributed by atoms with Crippen LogP contribution in [0.1, 0.15) is 47.4 Å². The maximum Gasteiger partial charge on any atom is 0.269 e. The van der Waals surface area contributed by atoms with Crippen LogP contribution in [0.2, 0.25) is 0 Å². The Balaban J connectivity index is 1.60. The fraction of sp³-hybridized carbons (Fsp3) is 0.318. The van der Waals surface area contributed by atoms with Crippen molar-refractivity contribution < 1.29 is 14.4 Å². The average molecular weight is 394 g/mol. The minimum atomic E-state index is -0.438. The van der Waals surface area contributed by atoms with Gasteiger partial charge in [0.05, 0.1) is 0 Å². The molecule has 1 heterocycles. The quantitative estimate of drug-likeness (QED) is 0.738. The number of hydrogen-bond donors (Lipinski definition) is 2. The van der Waals surface area contributed by atoms with Crippen molar-refractivity contribution in [2.24, 2.45) is 0 Å². The molecule has 0 saturated carbocycles. The zero-order valence-corrected chi connectivity index (χ0v) is 16.8. The number of benzene rings is 2. The van der Waals surface area contributed by atoms with E-state index in [1.807, 2.05) is 12.1 Å². The van der Waals surface area contributed by atoms with Gasteiger partial charge in [-0.2, -0.15) is 0 Å². The lowest BCUT2D eigenvalue weighted by atomic mass is 10.1. The van der Waals surface area contributed by atoms with E-state index < -0.39 is 11.8 Å². The SMILES string of the molecule is CCN(CC)c1ccc(C(=O)NNC(=O)c2cccc(N3CCCC3=O)c2)cc1. The predicted octanol–water partition coefficient (Wildman–Crippen LogP) is 2.73. The van der Waals surface area contributed by atoms with Gasteiger partial charge in [0.25, 0.3) is 11.8 Å². The number of hydrogen-bond acceptors (Lipinski definition) is 4. The first-order valence-corrected chi connectivity index (χ1v) is 9.89. The van der Waals surface area contributed by atoms with Crippen LogP contribution >= 0.6 is 0 Å². The summed E-state index contributed by atoms with van der Waals surface area (Å²) in [5.41, 5.74) is 7.44. The smallest absolute Gasteiger partial charge is 0.269 e. The van der Waals surface area contributed by atoms with E-state index in [9.17, 15) is 14.4 Å². The van der Waals surface area contributed by atoms with E-state index in [4.69, 9.17) is 0 Å². The standard InChI is InChI=1S/C22H26N4O3/c1-3-25(4-2)18-12-10-16(11-13-18)21(28)23-24-22(29)17-7-5-8-19(15-17)26-14-6-9-20(26)27/h5,7-8,10-13,15H,3-4,6,9,14H2,1-2H3,(H,23,28)(H,24,29). The van der Waals surface area contributed by atoms with Crippen molar-refractivity contribution in [1.29, 1.82) is 0 Å². The molecule has 3 amide bonds. The zero-order chi connectivity index (χ0) is 20.8. The number of carbonyl (C=O) groups is 3. The number of nitrogens with zero attached hydrogens (tertiary/aromatic N) is 2. The molecular formula is C22H26N4O3. The molecule has 2 N–H and O–H groups in total. The summed E-state index contributed by atoms with van der Waals surface area (Å²) in [7, 11) is 0. The highest BCUT2D eigenvalue weighted by atomic mass is 16.2. The third kappa shape index (κ3) is 4.74. The summed E-state index contributed by atoms with van der Waals surface area (Å²) in [4.78, 5) is 40.5. The minimum Gasteiger partial charge on any atom is -0.372 e. The highest BCUT2D eigenvalue weighted by molar-refractivity contribution is 6.01. The van der Waals surface area contributed by atoms with Gasteiger partial charge in [0.2, 0.25) is 5.91 Å². The predicted molar refractivity (Wildman–Crippen MR) is 113 cm³/mol. The van der Waals surface area contributed by atoms with Crippen molar-refractivity contribution >= 4 is 29.1 Å². The van der Waals surface area contributed by atoms with Gasteiger partial charge in [-0.1, -0.05) is 6.07 Å². The number of carbonyl (C=O) groups excluding carboxylic acids is 3. The van der Waals surface area contributed by atoms with E-state index in [1.165, 1.54) is 0 Å². The van der Waals surface area contributed by atoms with Gasteiger partial charge in [-0.15, -0.1) is 0 Å². The highest BCUT2D eigenvalue weighted by Crippen LogP contribution is 2.22. The number of anilines is 2. The van der Waals surface area contributed by atoms with Gasteiger partial charge >= 0.3 is 0 Å². The molecule has 1 aliphatic rings. The third-order valence-electron chi connectivity index (χ3n) is 5.04. The molecule has 0 bridgehead atoms. The fourth-order valence-electron chi connectivity index (χ4n) is 3.41. The Kier molecular flexibility index (Phi) is 6.49. The molecule has 0 spiro atoms. The van der Waals surface area contributed by atoms with E-state index in [1.54, 1.807) is 41.3 Å². The molecule has 1 fully saturated rings. The summed E-state index contributed by atoms with van der Waals surface area (Å²) in [5.74, 6) is -0.772. The van der Waals surface area contributed by atoms with Crippen molar-refractivity contribution in [1.82, 2.24) is 10.9 Å². The summed E-state index contributed by atoms with van der Waals surface area (Å²) < 4.78 is 0. The molecule has 29 heavy (non-hydrogen) atoms. The second-order valence-corrected chi connectivity index (χ2v) is 6.83. The zero-order valence-electron chi connectivity index (χ0n) is 16.8. The van der Waals surface area contributed by atoms with E-state index in [0.29, 0.717) is 29.8 Å². The topological polar surface area (TPSA) is 81.8 Å². The van der Waals surface area contributed by atoms with Gasteiger partial charge in [0, 0.05) is 48.6 Å². The Bertz CT molecular complexity index is 891. The molecule has 1 saturated heterocycles. The van der Waals surface area contributed by atoms with Gasteiger partial charge in [0.1, 0.15) is 0 Å². The van der Waals surface area contributed by atoms with E-state index in [0.717, 1.165) is 25.2 Å². The lowest BCUT2D eigenvalue weighted by molar-refractivity contribution is -0.117. The van der Waals surface area contributed by atoms with Gasteiger partial charge in [0.15, 0.2) is 0 Å². The van der Waals surface area contributed by atoms with Gasteiger partial charge < -0.3 is 9.80 Å². The largest absolute Gasteiger partial charge is 0.372 e. The van der Waals surface area contributed by atoms with Crippen molar-refractivity contribution in [3.63, 3.8) is 0 Å². The molecule has 2 aromatic rings. The molecule has 152 valence electrons. The maximum atomic E-state index is 12.4. The number of amides is 3. The third-order valence-corrected chi connectivity index (χ3v) is 5.04.